The van der Waals surface area contributed by atoms with Gasteiger partial charge in [0.1, 0.15) is 5.38 Å². The van der Waals surface area contributed by atoms with Gasteiger partial charge in [-0.1, -0.05) is 18.2 Å². The average molecular weight is 261 g/mol. The van der Waals surface area contributed by atoms with Crippen LogP contribution in [0.3, 0.4) is 0 Å². The van der Waals surface area contributed by atoms with Crippen LogP contribution in [0.25, 0.3) is 0 Å². The maximum atomic E-state index is 11.2. The second kappa shape index (κ2) is 5.32. The molecule has 3 nitrogen and oxygen atoms in total. The van der Waals surface area contributed by atoms with Gasteiger partial charge in [-0.25, -0.2) is 4.79 Å². The van der Waals surface area contributed by atoms with Crippen LogP contribution in [0.2, 0.25) is 0 Å². The third-order valence-electron chi connectivity index (χ3n) is 2.17. The van der Waals surface area contributed by atoms with E-state index in [-0.39, 0.29) is 17.2 Å². The summed E-state index contributed by atoms with van der Waals surface area (Å²) in [6.07, 6.45) is 0. The van der Waals surface area contributed by atoms with Crippen molar-refractivity contribution in [3.8, 4) is 0 Å². The van der Waals surface area contributed by atoms with Crippen LogP contribution >= 0.6 is 23.2 Å². The number of hydrogen-bond acceptors (Lipinski definition) is 2. The number of carboxylic acids is 1. The van der Waals surface area contributed by atoms with Crippen LogP contribution < -0.4 is 0 Å². The van der Waals surface area contributed by atoms with E-state index in [1.807, 2.05) is 0 Å². The number of carbonyl (C=O) groups excluding carboxylic acids is 1. The normalized spacial score (nSPS) is 12.2. The maximum Gasteiger partial charge on any atom is 0.336 e. The molecule has 0 saturated carbocycles. The summed E-state index contributed by atoms with van der Waals surface area (Å²) >= 11 is 11.5. The SMILES string of the molecule is CC(=O)C(Cl)c1cccc(CCl)c1C(=O)O. The molecule has 0 fully saturated rings. The van der Waals surface area contributed by atoms with Gasteiger partial charge in [0, 0.05) is 5.88 Å². The van der Waals surface area contributed by atoms with Crippen molar-refractivity contribution in [3.63, 3.8) is 0 Å². The van der Waals surface area contributed by atoms with Gasteiger partial charge in [-0.15, -0.1) is 23.2 Å². The van der Waals surface area contributed by atoms with Crippen molar-refractivity contribution in [1.29, 1.82) is 0 Å². The number of benzene rings is 1. The van der Waals surface area contributed by atoms with Gasteiger partial charge in [0.05, 0.1) is 5.56 Å². The molecule has 0 amide bonds. The van der Waals surface area contributed by atoms with Gasteiger partial charge in [0.2, 0.25) is 0 Å². The van der Waals surface area contributed by atoms with Crippen molar-refractivity contribution in [2.45, 2.75) is 18.2 Å². The zero-order valence-electron chi connectivity index (χ0n) is 8.54. The summed E-state index contributed by atoms with van der Waals surface area (Å²) in [6, 6.07) is 4.76. The minimum Gasteiger partial charge on any atom is -0.478 e. The summed E-state index contributed by atoms with van der Waals surface area (Å²) in [7, 11) is 0. The molecule has 0 spiro atoms. The van der Waals surface area contributed by atoms with Crippen molar-refractivity contribution >= 4 is 35.0 Å². The lowest BCUT2D eigenvalue weighted by atomic mass is 9.98. The van der Waals surface area contributed by atoms with E-state index in [0.29, 0.717) is 11.1 Å². The fraction of sp³-hybridized carbons (Fsp3) is 0.273. The van der Waals surface area contributed by atoms with E-state index in [1.165, 1.54) is 13.0 Å². The maximum absolute atomic E-state index is 11.2. The fourth-order valence-electron chi connectivity index (χ4n) is 1.42. The van der Waals surface area contributed by atoms with Gasteiger partial charge in [-0.2, -0.15) is 0 Å². The van der Waals surface area contributed by atoms with Gasteiger partial charge in [-0.05, 0) is 18.1 Å². The quantitative estimate of drug-likeness (QED) is 0.847. The predicted molar refractivity (Wildman–Crippen MR) is 62.2 cm³/mol. The first-order valence-electron chi connectivity index (χ1n) is 4.54. The number of Topliss-reactive ketones (excluding diaryl/α,β-unsaturated/α-hetero) is 1. The highest BCUT2D eigenvalue weighted by atomic mass is 35.5. The Morgan fingerprint density at radius 2 is 2.06 bits per heavy atom. The topological polar surface area (TPSA) is 54.4 Å². The number of aromatic carboxylic acids is 1. The highest BCUT2D eigenvalue weighted by Gasteiger charge is 2.22. The molecule has 0 heterocycles. The molecule has 1 N–H and O–H groups in total. The summed E-state index contributed by atoms with van der Waals surface area (Å²) in [4.78, 5) is 22.3. The molecule has 0 aliphatic heterocycles. The zero-order chi connectivity index (χ0) is 12.3. The van der Waals surface area contributed by atoms with E-state index in [4.69, 9.17) is 28.3 Å². The van der Waals surface area contributed by atoms with Crippen LogP contribution in [0.1, 0.15) is 33.8 Å². The molecule has 1 aromatic carbocycles. The van der Waals surface area contributed by atoms with Crippen LogP contribution in [-0.4, -0.2) is 16.9 Å². The molecule has 0 aliphatic carbocycles. The standard InChI is InChI=1S/C11H10Cl2O3/c1-6(14)10(13)8-4-2-3-7(5-12)9(8)11(15)16/h2-4,10H,5H2,1H3,(H,15,16). The minimum atomic E-state index is -1.13. The monoisotopic (exact) mass is 260 g/mol. The lowest BCUT2D eigenvalue weighted by molar-refractivity contribution is -0.116. The van der Waals surface area contributed by atoms with Gasteiger partial charge < -0.3 is 5.11 Å². The minimum absolute atomic E-state index is 0.0210. The van der Waals surface area contributed by atoms with Crippen LogP contribution in [0, 0.1) is 0 Å². The highest BCUT2D eigenvalue weighted by Crippen LogP contribution is 2.28. The van der Waals surface area contributed by atoms with Gasteiger partial charge in [-0.3, -0.25) is 4.79 Å². The first-order chi connectivity index (χ1) is 7.49. The fourth-order valence-corrected chi connectivity index (χ4v) is 1.83. The Balaban J connectivity index is 3.38. The Bertz CT molecular complexity index is 429. The van der Waals surface area contributed by atoms with Crippen molar-refractivity contribution < 1.29 is 14.7 Å². The Hall–Kier alpha value is -1.06. The number of halogens is 2. The second-order valence-corrected chi connectivity index (χ2v) is 4.00. The summed E-state index contributed by atoms with van der Waals surface area (Å²) in [5, 5.41) is 8.13. The largest absolute Gasteiger partial charge is 0.478 e. The Labute approximate surface area is 103 Å². The third kappa shape index (κ3) is 2.54. The second-order valence-electron chi connectivity index (χ2n) is 3.29. The summed E-state index contributed by atoms with van der Waals surface area (Å²) in [5.41, 5.74) is 0.770. The average Bonchev–Trinajstić information content (AvgIpc) is 2.26. The number of carboxylic acid groups (broad SMARTS) is 1. The summed E-state index contributed by atoms with van der Waals surface area (Å²) in [6.45, 7) is 1.32. The van der Waals surface area contributed by atoms with Gasteiger partial charge >= 0.3 is 5.97 Å². The molecule has 0 bridgehead atoms. The van der Waals surface area contributed by atoms with Gasteiger partial charge in [0.15, 0.2) is 5.78 Å². The first-order valence-corrected chi connectivity index (χ1v) is 5.51. The molecule has 0 saturated heterocycles. The molecule has 1 unspecified atom stereocenters. The van der Waals surface area contributed by atoms with Crippen molar-refractivity contribution in [2.75, 3.05) is 0 Å². The van der Waals surface area contributed by atoms with E-state index < -0.39 is 11.3 Å². The van der Waals surface area contributed by atoms with Crippen molar-refractivity contribution in [1.82, 2.24) is 0 Å². The smallest absolute Gasteiger partial charge is 0.336 e. The van der Waals surface area contributed by atoms with E-state index in [9.17, 15) is 9.59 Å². The van der Waals surface area contributed by atoms with Crippen LogP contribution in [0.15, 0.2) is 18.2 Å². The van der Waals surface area contributed by atoms with Crippen LogP contribution in [0.4, 0.5) is 0 Å². The molecule has 1 rings (SSSR count). The zero-order valence-corrected chi connectivity index (χ0v) is 10.0. The molecule has 86 valence electrons. The lowest BCUT2D eigenvalue weighted by Gasteiger charge is -2.12. The molecule has 0 aliphatic rings. The van der Waals surface area contributed by atoms with E-state index in [0.717, 1.165) is 0 Å². The predicted octanol–water partition coefficient (Wildman–Crippen LogP) is 2.99. The molecular weight excluding hydrogens is 251 g/mol. The third-order valence-corrected chi connectivity index (χ3v) is 3.00. The van der Waals surface area contributed by atoms with Crippen LogP contribution in [0.5, 0.6) is 0 Å². The number of alkyl halides is 2. The molecule has 5 heteroatoms. The van der Waals surface area contributed by atoms with Gasteiger partial charge in [0.25, 0.3) is 0 Å². The molecule has 1 aromatic rings. The number of rotatable bonds is 4. The number of ketones is 1. The van der Waals surface area contributed by atoms with Crippen molar-refractivity contribution in [2.24, 2.45) is 0 Å². The lowest BCUT2D eigenvalue weighted by Crippen LogP contribution is -2.11. The molecule has 1 atom stereocenters. The highest BCUT2D eigenvalue weighted by molar-refractivity contribution is 6.31. The summed E-state index contributed by atoms with van der Waals surface area (Å²) < 4.78 is 0. The number of carbonyl (C=O) groups is 2. The van der Waals surface area contributed by atoms with E-state index in [2.05, 4.69) is 0 Å². The summed E-state index contributed by atoms with van der Waals surface area (Å²) in [5.74, 6) is -1.36. The molecular formula is C11H10Cl2O3. The Morgan fingerprint density at radius 3 is 2.50 bits per heavy atom. The van der Waals surface area contributed by atoms with E-state index in [1.54, 1.807) is 12.1 Å². The molecule has 0 aromatic heterocycles. The van der Waals surface area contributed by atoms with E-state index >= 15 is 0 Å². The molecule has 16 heavy (non-hydrogen) atoms. The van der Waals surface area contributed by atoms with Crippen LogP contribution in [-0.2, 0) is 10.7 Å². The number of hydrogen-bond donors (Lipinski definition) is 1. The molecule has 0 radical (unpaired) electrons. The Kier molecular flexibility index (Phi) is 4.33. The first kappa shape index (κ1) is 13.0. The Morgan fingerprint density at radius 1 is 1.44 bits per heavy atom. The van der Waals surface area contributed by atoms with Crippen molar-refractivity contribution in [3.05, 3.63) is 34.9 Å².